The molecule has 0 saturated carbocycles. The first-order chi connectivity index (χ1) is 8.58. The quantitative estimate of drug-likeness (QED) is 0.746. The van der Waals surface area contributed by atoms with Gasteiger partial charge < -0.3 is 20.7 Å². The minimum atomic E-state index is -0.873. The Balaban J connectivity index is 2.10. The molecule has 0 saturated heterocycles. The lowest BCUT2D eigenvalue weighted by Gasteiger charge is -2.10. The number of nitrogens with two attached hydrogens (primary N) is 1. The maximum Gasteiger partial charge on any atom is 0.304 e. The van der Waals surface area contributed by atoms with Crippen molar-refractivity contribution in [3.63, 3.8) is 0 Å². The molecule has 5 nitrogen and oxygen atoms in total. The van der Waals surface area contributed by atoms with Crippen molar-refractivity contribution in [2.45, 2.75) is 12.5 Å². The Hall–Kier alpha value is -2.01. The Morgan fingerprint density at radius 2 is 2.22 bits per heavy atom. The molecule has 2 rings (SSSR count). The Bertz CT molecular complexity index is 562. The van der Waals surface area contributed by atoms with Crippen LogP contribution in [0.2, 0.25) is 0 Å². The number of hydrogen-bond donors (Lipinski definition) is 3. The zero-order valence-corrected chi connectivity index (χ0v) is 10.3. The van der Waals surface area contributed by atoms with Gasteiger partial charge in [0, 0.05) is 36.7 Å². The summed E-state index contributed by atoms with van der Waals surface area (Å²) in [5, 5.41) is 13.0. The number of rotatable bonds is 5. The van der Waals surface area contributed by atoms with Crippen LogP contribution in [0.15, 0.2) is 30.5 Å². The van der Waals surface area contributed by atoms with Gasteiger partial charge in [0.2, 0.25) is 0 Å². The number of para-hydroxylation sites is 1. The molecule has 2 aromatic rings. The largest absolute Gasteiger partial charge is 0.481 e. The van der Waals surface area contributed by atoms with Crippen molar-refractivity contribution in [1.29, 1.82) is 0 Å². The average Bonchev–Trinajstić information content (AvgIpc) is 2.64. The fourth-order valence-electron chi connectivity index (χ4n) is 2.02. The van der Waals surface area contributed by atoms with E-state index in [2.05, 4.69) is 5.32 Å². The molecule has 0 amide bonds. The normalized spacial score (nSPS) is 12.6. The number of anilines is 1. The zero-order chi connectivity index (χ0) is 13.1. The van der Waals surface area contributed by atoms with Crippen molar-refractivity contribution in [3.05, 3.63) is 30.5 Å². The summed E-state index contributed by atoms with van der Waals surface area (Å²) in [6, 6.07) is 7.65. The molecule has 4 N–H and O–H groups in total. The number of aliphatic carboxylic acids is 1. The summed E-state index contributed by atoms with van der Waals surface area (Å²) >= 11 is 0. The Morgan fingerprint density at radius 1 is 1.50 bits per heavy atom. The van der Waals surface area contributed by atoms with Crippen LogP contribution in [0.5, 0.6) is 0 Å². The molecule has 96 valence electrons. The number of carboxylic acids is 1. The van der Waals surface area contributed by atoms with Gasteiger partial charge in [-0.25, -0.2) is 0 Å². The highest BCUT2D eigenvalue weighted by atomic mass is 16.4. The van der Waals surface area contributed by atoms with Crippen LogP contribution < -0.4 is 11.1 Å². The van der Waals surface area contributed by atoms with Crippen LogP contribution >= 0.6 is 0 Å². The van der Waals surface area contributed by atoms with Crippen LogP contribution in [0.1, 0.15) is 6.42 Å². The number of hydrogen-bond acceptors (Lipinski definition) is 3. The lowest BCUT2D eigenvalue weighted by atomic mass is 10.2. The predicted molar refractivity (Wildman–Crippen MR) is 71.6 cm³/mol. The van der Waals surface area contributed by atoms with Crippen LogP contribution in [0.3, 0.4) is 0 Å². The number of aromatic nitrogens is 1. The summed E-state index contributed by atoms with van der Waals surface area (Å²) in [6.45, 7) is 0.445. The number of fused-ring (bicyclic) bond motifs is 1. The predicted octanol–water partition coefficient (Wildman–Crippen LogP) is 1.39. The molecule has 1 atom stereocenters. The lowest BCUT2D eigenvalue weighted by Crippen LogP contribution is -2.31. The number of benzene rings is 1. The summed E-state index contributed by atoms with van der Waals surface area (Å²) < 4.78 is 2.03. The van der Waals surface area contributed by atoms with Gasteiger partial charge in [0.05, 0.1) is 12.1 Å². The molecule has 0 spiro atoms. The van der Waals surface area contributed by atoms with E-state index >= 15 is 0 Å². The number of carboxylic acid groups (broad SMARTS) is 1. The van der Waals surface area contributed by atoms with E-state index in [4.69, 9.17) is 10.8 Å². The lowest BCUT2D eigenvalue weighted by molar-refractivity contribution is -0.137. The van der Waals surface area contributed by atoms with Gasteiger partial charge in [-0.15, -0.1) is 0 Å². The third-order valence-electron chi connectivity index (χ3n) is 2.89. The first kappa shape index (κ1) is 12.4. The molecule has 0 aliphatic heterocycles. The molecule has 0 radical (unpaired) electrons. The van der Waals surface area contributed by atoms with E-state index in [9.17, 15) is 4.79 Å². The first-order valence-corrected chi connectivity index (χ1v) is 5.83. The van der Waals surface area contributed by atoms with E-state index in [0.717, 1.165) is 16.6 Å². The Kier molecular flexibility index (Phi) is 3.53. The van der Waals surface area contributed by atoms with Crippen molar-refractivity contribution in [1.82, 2.24) is 4.57 Å². The SMILES string of the molecule is Cn1cc(NCC(N)CC(=O)O)c2ccccc21. The summed E-state index contributed by atoms with van der Waals surface area (Å²) in [4.78, 5) is 10.5. The third kappa shape index (κ3) is 2.62. The van der Waals surface area contributed by atoms with E-state index in [0.29, 0.717) is 6.54 Å². The molecule has 1 aromatic heterocycles. The van der Waals surface area contributed by atoms with Gasteiger partial charge in [-0.3, -0.25) is 4.79 Å². The monoisotopic (exact) mass is 247 g/mol. The topological polar surface area (TPSA) is 80.3 Å². The van der Waals surface area contributed by atoms with Crippen LogP contribution in [0.4, 0.5) is 5.69 Å². The van der Waals surface area contributed by atoms with E-state index in [1.54, 1.807) is 0 Å². The van der Waals surface area contributed by atoms with Crippen LogP contribution in [0.25, 0.3) is 10.9 Å². The maximum absolute atomic E-state index is 10.5. The number of aryl methyl sites for hydroxylation is 1. The first-order valence-electron chi connectivity index (χ1n) is 5.83. The molecule has 0 aliphatic carbocycles. The van der Waals surface area contributed by atoms with Crippen molar-refractivity contribution >= 4 is 22.6 Å². The highest BCUT2D eigenvalue weighted by Crippen LogP contribution is 2.24. The second-order valence-corrected chi connectivity index (χ2v) is 4.41. The third-order valence-corrected chi connectivity index (χ3v) is 2.89. The average molecular weight is 247 g/mol. The van der Waals surface area contributed by atoms with Gasteiger partial charge in [0.25, 0.3) is 0 Å². The van der Waals surface area contributed by atoms with Crippen molar-refractivity contribution in [3.8, 4) is 0 Å². The smallest absolute Gasteiger partial charge is 0.304 e. The molecule has 1 aromatic carbocycles. The maximum atomic E-state index is 10.5. The standard InChI is InChI=1S/C13H17N3O2/c1-16-8-11(10-4-2-3-5-12(10)16)15-7-9(14)6-13(17)18/h2-5,8-9,15H,6-7,14H2,1H3,(H,17,18). The van der Waals surface area contributed by atoms with Crippen LogP contribution in [0, 0.1) is 0 Å². The van der Waals surface area contributed by atoms with Crippen molar-refractivity contribution < 1.29 is 9.90 Å². The van der Waals surface area contributed by atoms with Crippen LogP contribution in [-0.4, -0.2) is 28.2 Å². The molecule has 0 bridgehead atoms. The van der Waals surface area contributed by atoms with E-state index in [-0.39, 0.29) is 12.5 Å². The van der Waals surface area contributed by atoms with Gasteiger partial charge in [-0.1, -0.05) is 18.2 Å². The zero-order valence-electron chi connectivity index (χ0n) is 10.3. The van der Waals surface area contributed by atoms with Gasteiger partial charge >= 0.3 is 5.97 Å². The summed E-state index contributed by atoms with van der Waals surface area (Å²) in [7, 11) is 1.98. The van der Waals surface area contributed by atoms with Crippen molar-refractivity contribution in [2.24, 2.45) is 12.8 Å². The minimum absolute atomic E-state index is 0.0300. The number of nitrogens with zero attached hydrogens (tertiary/aromatic N) is 1. The van der Waals surface area contributed by atoms with E-state index < -0.39 is 5.97 Å². The van der Waals surface area contributed by atoms with E-state index in [1.807, 2.05) is 42.1 Å². The van der Waals surface area contributed by atoms with Gasteiger partial charge in [0.1, 0.15) is 0 Å². The van der Waals surface area contributed by atoms with Gasteiger partial charge in [-0.2, -0.15) is 0 Å². The fraction of sp³-hybridized carbons (Fsp3) is 0.308. The minimum Gasteiger partial charge on any atom is -0.481 e. The second kappa shape index (κ2) is 5.10. The molecule has 5 heteroatoms. The summed E-state index contributed by atoms with van der Waals surface area (Å²) in [5.74, 6) is -0.873. The Labute approximate surface area is 105 Å². The highest BCUT2D eigenvalue weighted by molar-refractivity contribution is 5.92. The van der Waals surface area contributed by atoms with Crippen molar-refractivity contribution in [2.75, 3.05) is 11.9 Å². The molecule has 18 heavy (non-hydrogen) atoms. The molecule has 1 heterocycles. The second-order valence-electron chi connectivity index (χ2n) is 4.41. The molecule has 0 fully saturated rings. The van der Waals surface area contributed by atoms with Gasteiger partial charge in [0.15, 0.2) is 0 Å². The van der Waals surface area contributed by atoms with Gasteiger partial charge in [-0.05, 0) is 6.07 Å². The Morgan fingerprint density at radius 3 is 2.94 bits per heavy atom. The molecular formula is C13H17N3O2. The number of carbonyl (C=O) groups is 1. The number of nitrogens with one attached hydrogen (secondary N) is 1. The van der Waals surface area contributed by atoms with E-state index in [1.165, 1.54) is 0 Å². The van der Waals surface area contributed by atoms with Crippen LogP contribution in [-0.2, 0) is 11.8 Å². The molecular weight excluding hydrogens is 230 g/mol. The molecule has 0 aliphatic rings. The summed E-state index contributed by atoms with van der Waals surface area (Å²) in [5.41, 5.74) is 7.84. The highest BCUT2D eigenvalue weighted by Gasteiger charge is 2.10. The molecule has 1 unspecified atom stereocenters. The fourth-order valence-corrected chi connectivity index (χ4v) is 2.02. The summed E-state index contributed by atoms with van der Waals surface area (Å²) in [6.07, 6.45) is 1.95.